The predicted molar refractivity (Wildman–Crippen MR) is 125 cm³/mol. The molecule has 1 aliphatic carbocycles. The number of alkyl carbamates (subject to hydrolysis) is 1. The van der Waals surface area contributed by atoms with E-state index in [9.17, 15) is 24.6 Å². The van der Waals surface area contributed by atoms with E-state index in [2.05, 4.69) is 29.6 Å². The van der Waals surface area contributed by atoms with Gasteiger partial charge in [0.05, 0.1) is 6.10 Å². The molecule has 2 aliphatic rings. The molecule has 1 saturated heterocycles. The van der Waals surface area contributed by atoms with E-state index < -0.39 is 24.2 Å². The number of rotatable bonds is 8. The second-order valence-corrected chi connectivity index (χ2v) is 9.14. The molecule has 0 bridgehead atoms. The molecule has 4 rings (SSSR count). The molecule has 8 heteroatoms. The highest BCUT2D eigenvalue weighted by Gasteiger charge is 2.38. The number of carboxylic acid groups (broad SMARTS) is 1. The number of aliphatic hydroxyl groups is 1. The molecular formula is C26H30N2O6. The van der Waals surface area contributed by atoms with Gasteiger partial charge in [-0.05, 0) is 34.6 Å². The third-order valence-electron chi connectivity index (χ3n) is 6.67. The van der Waals surface area contributed by atoms with E-state index in [1.807, 2.05) is 31.2 Å². The molecule has 1 heterocycles. The second kappa shape index (κ2) is 10.3. The zero-order valence-corrected chi connectivity index (χ0v) is 19.1. The summed E-state index contributed by atoms with van der Waals surface area (Å²) >= 11 is 0. The van der Waals surface area contributed by atoms with Crippen molar-refractivity contribution in [1.29, 1.82) is 0 Å². The van der Waals surface area contributed by atoms with Crippen molar-refractivity contribution in [2.45, 2.75) is 44.2 Å². The molecule has 3 N–H and O–H groups in total. The molecule has 8 nitrogen and oxygen atoms in total. The molecule has 2 amide bonds. The van der Waals surface area contributed by atoms with Crippen molar-refractivity contribution < 1.29 is 29.3 Å². The van der Waals surface area contributed by atoms with Gasteiger partial charge in [-0.1, -0.05) is 55.5 Å². The summed E-state index contributed by atoms with van der Waals surface area (Å²) in [6.45, 7) is 2.53. The van der Waals surface area contributed by atoms with Crippen LogP contribution in [0.2, 0.25) is 0 Å². The molecule has 34 heavy (non-hydrogen) atoms. The number of ether oxygens (including phenoxy) is 1. The lowest BCUT2D eigenvalue weighted by Crippen LogP contribution is -2.40. The highest BCUT2D eigenvalue weighted by atomic mass is 16.5. The smallest absolute Gasteiger partial charge is 0.407 e. The summed E-state index contributed by atoms with van der Waals surface area (Å²) in [5.41, 5.74) is 4.63. The van der Waals surface area contributed by atoms with Crippen LogP contribution in [0.4, 0.5) is 4.79 Å². The molecule has 2 aromatic rings. The summed E-state index contributed by atoms with van der Waals surface area (Å²) in [6, 6.07) is 15.3. The summed E-state index contributed by atoms with van der Waals surface area (Å²) < 4.78 is 5.53. The Morgan fingerprint density at radius 3 is 2.32 bits per heavy atom. The highest BCUT2D eigenvalue weighted by Crippen LogP contribution is 2.44. The first kappa shape index (κ1) is 23.8. The number of amides is 2. The first-order valence-corrected chi connectivity index (χ1v) is 11.6. The molecule has 1 aliphatic heterocycles. The topological polar surface area (TPSA) is 116 Å². The molecular weight excluding hydrogens is 436 g/mol. The van der Waals surface area contributed by atoms with Crippen LogP contribution in [0, 0.1) is 5.92 Å². The van der Waals surface area contributed by atoms with Gasteiger partial charge in [0.1, 0.15) is 12.6 Å². The van der Waals surface area contributed by atoms with Crippen LogP contribution in [-0.4, -0.2) is 64.9 Å². The summed E-state index contributed by atoms with van der Waals surface area (Å²) in [7, 11) is 0. The van der Waals surface area contributed by atoms with Gasteiger partial charge in [-0.3, -0.25) is 4.79 Å². The minimum atomic E-state index is -1.10. The van der Waals surface area contributed by atoms with Crippen molar-refractivity contribution in [1.82, 2.24) is 10.2 Å². The van der Waals surface area contributed by atoms with E-state index in [1.165, 1.54) is 16.0 Å². The van der Waals surface area contributed by atoms with Crippen molar-refractivity contribution in [2.75, 3.05) is 19.7 Å². The predicted octanol–water partition coefficient (Wildman–Crippen LogP) is 2.99. The number of hydrogen-bond acceptors (Lipinski definition) is 5. The Balaban J connectivity index is 1.23. The molecule has 2 aromatic carbocycles. The fourth-order valence-corrected chi connectivity index (χ4v) is 4.85. The number of likely N-dealkylation sites (tertiary alicyclic amines) is 1. The highest BCUT2D eigenvalue weighted by molar-refractivity contribution is 5.84. The Labute approximate surface area is 198 Å². The van der Waals surface area contributed by atoms with E-state index in [4.69, 9.17) is 4.74 Å². The zero-order chi connectivity index (χ0) is 24.2. The van der Waals surface area contributed by atoms with Gasteiger partial charge in [0, 0.05) is 31.8 Å². The van der Waals surface area contributed by atoms with Crippen LogP contribution in [0.5, 0.6) is 0 Å². The largest absolute Gasteiger partial charge is 0.480 e. The van der Waals surface area contributed by atoms with Gasteiger partial charge < -0.3 is 25.2 Å². The number of fused-ring (bicyclic) bond motifs is 3. The van der Waals surface area contributed by atoms with Crippen LogP contribution in [0.15, 0.2) is 48.5 Å². The van der Waals surface area contributed by atoms with Gasteiger partial charge in [0.15, 0.2) is 0 Å². The molecule has 0 aromatic heterocycles. The second-order valence-electron chi connectivity index (χ2n) is 9.14. The van der Waals surface area contributed by atoms with Crippen LogP contribution in [-0.2, 0) is 14.3 Å². The van der Waals surface area contributed by atoms with Crippen LogP contribution in [0.25, 0.3) is 11.1 Å². The summed E-state index contributed by atoms with van der Waals surface area (Å²) in [5.74, 6) is -1.40. The SMILES string of the molecule is CC(CCC(=O)N1CC(O)CC1C(=O)O)CNC(=O)OCC1c2ccccc2-c2ccccc21. The number of nitrogens with zero attached hydrogens (tertiary/aromatic N) is 1. The van der Waals surface area contributed by atoms with Gasteiger partial charge in [-0.25, -0.2) is 9.59 Å². The molecule has 0 saturated carbocycles. The van der Waals surface area contributed by atoms with Crippen LogP contribution in [0.3, 0.4) is 0 Å². The summed E-state index contributed by atoms with van der Waals surface area (Å²) in [4.78, 5) is 37.3. The van der Waals surface area contributed by atoms with Crippen molar-refractivity contribution in [2.24, 2.45) is 5.92 Å². The van der Waals surface area contributed by atoms with Crippen LogP contribution < -0.4 is 5.32 Å². The van der Waals surface area contributed by atoms with Crippen molar-refractivity contribution in [3.05, 3.63) is 59.7 Å². The van der Waals surface area contributed by atoms with Crippen LogP contribution >= 0.6 is 0 Å². The van der Waals surface area contributed by atoms with Gasteiger partial charge in [-0.2, -0.15) is 0 Å². The number of aliphatic hydroxyl groups excluding tert-OH is 1. The standard InChI is InChI=1S/C26H30N2O6/c1-16(10-11-24(30)28-14-17(29)12-23(28)25(31)32)13-27-26(33)34-15-22-20-8-4-2-6-18(20)19-7-3-5-9-21(19)22/h2-9,16-17,22-23,29H,10-15H2,1H3,(H,27,33)(H,31,32). The minimum Gasteiger partial charge on any atom is -0.480 e. The fraction of sp³-hybridized carbons (Fsp3) is 0.423. The van der Waals surface area contributed by atoms with E-state index >= 15 is 0 Å². The molecule has 0 radical (unpaired) electrons. The average Bonchev–Trinajstić information content (AvgIpc) is 3.38. The lowest BCUT2D eigenvalue weighted by molar-refractivity contribution is -0.148. The zero-order valence-electron chi connectivity index (χ0n) is 19.1. The number of benzene rings is 2. The summed E-state index contributed by atoms with van der Waals surface area (Å²) in [6.07, 6.45) is -0.614. The third-order valence-corrected chi connectivity index (χ3v) is 6.67. The van der Waals surface area contributed by atoms with Crippen LogP contribution in [0.1, 0.15) is 43.2 Å². The average molecular weight is 467 g/mol. The molecule has 180 valence electrons. The first-order valence-electron chi connectivity index (χ1n) is 11.6. The van der Waals surface area contributed by atoms with E-state index in [1.54, 1.807) is 0 Å². The van der Waals surface area contributed by atoms with Gasteiger partial charge in [0.2, 0.25) is 5.91 Å². The maximum absolute atomic E-state index is 12.4. The first-order chi connectivity index (χ1) is 16.3. The summed E-state index contributed by atoms with van der Waals surface area (Å²) in [5, 5.41) is 21.7. The maximum Gasteiger partial charge on any atom is 0.407 e. The number of aliphatic carboxylic acids is 1. The lowest BCUT2D eigenvalue weighted by atomic mass is 9.98. The van der Waals surface area contributed by atoms with E-state index in [0.717, 1.165) is 11.1 Å². The van der Waals surface area contributed by atoms with E-state index in [0.29, 0.717) is 13.0 Å². The number of carbonyl (C=O) groups excluding carboxylic acids is 2. The van der Waals surface area contributed by atoms with E-state index in [-0.39, 0.29) is 43.7 Å². The Bertz CT molecular complexity index is 1030. The quantitative estimate of drug-likeness (QED) is 0.551. The number of carboxylic acids is 1. The fourth-order valence-electron chi connectivity index (χ4n) is 4.85. The Hall–Kier alpha value is -3.39. The Kier molecular flexibility index (Phi) is 7.17. The Morgan fingerprint density at radius 1 is 1.09 bits per heavy atom. The Morgan fingerprint density at radius 2 is 1.71 bits per heavy atom. The van der Waals surface area contributed by atoms with Gasteiger partial charge in [-0.15, -0.1) is 0 Å². The number of β-amino-alcohol motifs (C(OH)–C–C–N with tert-alkyl or cyclic N) is 1. The lowest BCUT2D eigenvalue weighted by Gasteiger charge is -2.22. The number of carbonyl (C=O) groups is 3. The van der Waals surface area contributed by atoms with Crippen molar-refractivity contribution >= 4 is 18.0 Å². The van der Waals surface area contributed by atoms with Gasteiger partial charge >= 0.3 is 12.1 Å². The minimum absolute atomic E-state index is 0.000220. The number of hydrogen-bond donors (Lipinski definition) is 3. The monoisotopic (exact) mass is 466 g/mol. The maximum atomic E-state index is 12.4. The molecule has 0 spiro atoms. The molecule has 3 atom stereocenters. The van der Waals surface area contributed by atoms with Gasteiger partial charge in [0.25, 0.3) is 0 Å². The normalized spacial score (nSPS) is 19.9. The number of nitrogens with one attached hydrogen (secondary N) is 1. The van der Waals surface area contributed by atoms with Crippen molar-refractivity contribution in [3.63, 3.8) is 0 Å². The molecule has 3 unspecified atom stereocenters. The molecule has 1 fully saturated rings. The third kappa shape index (κ3) is 5.07. The van der Waals surface area contributed by atoms with Crippen molar-refractivity contribution in [3.8, 4) is 11.1 Å².